The Hall–Kier alpha value is -3.15. The van der Waals surface area contributed by atoms with E-state index in [2.05, 4.69) is 5.32 Å². The van der Waals surface area contributed by atoms with Crippen LogP contribution in [0.15, 0.2) is 48.5 Å². The van der Waals surface area contributed by atoms with Crippen molar-refractivity contribution in [1.82, 2.24) is 5.32 Å². The summed E-state index contributed by atoms with van der Waals surface area (Å²) in [6, 6.07) is 13.8. The fourth-order valence-corrected chi connectivity index (χ4v) is 2.56. The standard InChI is InChI=1S/C22H25NO5/c1-4-16-6-8-17(9-7-16)21(25)15(3)28-20(24)14-23-22(26)18-10-12-19(13-11-18)27-5-2/h6-13,15H,4-5,14H2,1-3H3,(H,23,26)/t15-/m0/s1. The Kier molecular flexibility index (Phi) is 7.75. The molecule has 6 heteroatoms. The van der Waals surface area contributed by atoms with Gasteiger partial charge in [-0.25, -0.2) is 0 Å². The summed E-state index contributed by atoms with van der Waals surface area (Å²) in [5, 5.41) is 2.48. The van der Waals surface area contributed by atoms with Crippen LogP contribution < -0.4 is 10.1 Å². The zero-order valence-corrected chi connectivity index (χ0v) is 16.4. The average molecular weight is 383 g/mol. The summed E-state index contributed by atoms with van der Waals surface area (Å²) in [5.74, 6) is -0.703. The molecular weight excluding hydrogens is 358 g/mol. The highest BCUT2D eigenvalue weighted by Gasteiger charge is 2.20. The maximum atomic E-state index is 12.3. The molecule has 148 valence electrons. The number of ether oxygens (including phenoxy) is 2. The van der Waals surface area contributed by atoms with Crippen LogP contribution in [0.1, 0.15) is 47.1 Å². The molecule has 0 radical (unpaired) electrons. The Morgan fingerprint density at radius 2 is 1.54 bits per heavy atom. The number of hydrogen-bond donors (Lipinski definition) is 1. The van der Waals surface area contributed by atoms with E-state index < -0.39 is 18.0 Å². The van der Waals surface area contributed by atoms with Gasteiger partial charge >= 0.3 is 5.97 Å². The van der Waals surface area contributed by atoms with Crippen LogP contribution >= 0.6 is 0 Å². The zero-order chi connectivity index (χ0) is 20.5. The second-order valence-corrected chi connectivity index (χ2v) is 6.19. The summed E-state index contributed by atoms with van der Waals surface area (Å²) in [4.78, 5) is 36.4. The van der Waals surface area contributed by atoms with Crippen molar-refractivity contribution in [2.75, 3.05) is 13.2 Å². The van der Waals surface area contributed by atoms with E-state index in [1.54, 1.807) is 36.4 Å². The van der Waals surface area contributed by atoms with Crippen molar-refractivity contribution in [2.24, 2.45) is 0 Å². The fourth-order valence-electron chi connectivity index (χ4n) is 2.56. The van der Waals surface area contributed by atoms with Crippen molar-refractivity contribution in [1.29, 1.82) is 0 Å². The molecule has 0 unspecified atom stereocenters. The summed E-state index contributed by atoms with van der Waals surface area (Å²) in [6.07, 6.45) is -0.0464. The van der Waals surface area contributed by atoms with E-state index in [1.165, 1.54) is 6.92 Å². The monoisotopic (exact) mass is 383 g/mol. The van der Waals surface area contributed by atoms with E-state index in [4.69, 9.17) is 9.47 Å². The van der Waals surface area contributed by atoms with Crippen molar-refractivity contribution >= 4 is 17.7 Å². The smallest absolute Gasteiger partial charge is 0.326 e. The van der Waals surface area contributed by atoms with Gasteiger partial charge in [0.2, 0.25) is 5.78 Å². The zero-order valence-electron chi connectivity index (χ0n) is 16.4. The topological polar surface area (TPSA) is 81.7 Å². The van der Waals surface area contributed by atoms with Crippen LogP contribution in [0.3, 0.4) is 0 Å². The molecule has 0 aromatic heterocycles. The summed E-state index contributed by atoms with van der Waals surface area (Å²) in [6.45, 7) is 5.64. The van der Waals surface area contributed by atoms with Gasteiger partial charge in [0, 0.05) is 11.1 Å². The molecule has 0 aliphatic carbocycles. The molecule has 0 saturated heterocycles. The number of aryl methyl sites for hydroxylation is 1. The number of hydrogen-bond acceptors (Lipinski definition) is 5. The quantitative estimate of drug-likeness (QED) is 0.531. The molecule has 1 N–H and O–H groups in total. The van der Waals surface area contributed by atoms with Gasteiger partial charge in [0.15, 0.2) is 6.10 Å². The number of carbonyl (C=O) groups is 3. The summed E-state index contributed by atoms with van der Waals surface area (Å²) in [7, 11) is 0. The lowest BCUT2D eigenvalue weighted by Crippen LogP contribution is -2.34. The van der Waals surface area contributed by atoms with Crippen molar-refractivity contribution < 1.29 is 23.9 Å². The molecule has 2 aromatic carbocycles. The van der Waals surface area contributed by atoms with E-state index in [1.807, 2.05) is 26.0 Å². The summed E-state index contributed by atoms with van der Waals surface area (Å²) in [5.41, 5.74) is 2.01. The largest absolute Gasteiger partial charge is 0.494 e. The van der Waals surface area contributed by atoms with Gasteiger partial charge in [0.1, 0.15) is 12.3 Å². The number of ketones is 1. The minimum atomic E-state index is -0.928. The van der Waals surface area contributed by atoms with Crippen LogP contribution in [0.25, 0.3) is 0 Å². The first-order valence-electron chi connectivity index (χ1n) is 9.28. The number of nitrogens with one attached hydrogen (secondary N) is 1. The van der Waals surface area contributed by atoms with Crippen LogP contribution in [0.4, 0.5) is 0 Å². The Bertz CT molecular complexity index is 812. The number of esters is 1. The molecule has 28 heavy (non-hydrogen) atoms. The molecule has 1 atom stereocenters. The first kappa shape index (κ1) is 21.2. The molecule has 2 rings (SSSR count). The molecule has 0 saturated carbocycles. The minimum Gasteiger partial charge on any atom is -0.494 e. The number of Topliss-reactive ketones (excluding diaryl/α,β-unsaturated/α-hetero) is 1. The van der Waals surface area contributed by atoms with Gasteiger partial charge in [-0.15, -0.1) is 0 Å². The third-order valence-corrected chi connectivity index (χ3v) is 4.14. The lowest BCUT2D eigenvalue weighted by atomic mass is 10.0. The normalized spacial score (nSPS) is 11.4. The van der Waals surface area contributed by atoms with Gasteiger partial charge in [-0.05, 0) is 50.1 Å². The molecule has 0 aliphatic heterocycles. The van der Waals surface area contributed by atoms with E-state index >= 15 is 0 Å². The Morgan fingerprint density at radius 1 is 0.929 bits per heavy atom. The lowest BCUT2D eigenvalue weighted by molar-refractivity contribution is -0.145. The van der Waals surface area contributed by atoms with Crippen molar-refractivity contribution in [3.63, 3.8) is 0 Å². The fraction of sp³-hybridized carbons (Fsp3) is 0.318. The maximum absolute atomic E-state index is 12.3. The number of rotatable bonds is 9. The Labute approximate surface area is 164 Å². The summed E-state index contributed by atoms with van der Waals surface area (Å²) < 4.78 is 10.5. The first-order chi connectivity index (χ1) is 13.4. The third kappa shape index (κ3) is 5.94. The van der Waals surface area contributed by atoms with Gasteiger partial charge < -0.3 is 14.8 Å². The lowest BCUT2D eigenvalue weighted by Gasteiger charge is -2.13. The van der Waals surface area contributed by atoms with Gasteiger partial charge in [-0.1, -0.05) is 31.2 Å². The van der Waals surface area contributed by atoms with E-state index in [0.29, 0.717) is 23.5 Å². The Morgan fingerprint density at radius 3 is 2.11 bits per heavy atom. The van der Waals surface area contributed by atoms with Gasteiger partial charge in [0.25, 0.3) is 5.91 Å². The second-order valence-electron chi connectivity index (χ2n) is 6.19. The molecular formula is C22H25NO5. The molecule has 1 amide bonds. The van der Waals surface area contributed by atoms with Crippen molar-refractivity contribution in [2.45, 2.75) is 33.3 Å². The highest BCUT2D eigenvalue weighted by molar-refractivity contribution is 6.00. The molecule has 6 nitrogen and oxygen atoms in total. The van der Waals surface area contributed by atoms with Crippen LogP contribution in [-0.2, 0) is 16.0 Å². The van der Waals surface area contributed by atoms with E-state index in [-0.39, 0.29) is 12.3 Å². The highest BCUT2D eigenvalue weighted by atomic mass is 16.5. The van der Waals surface area contributed by atoms with E-state index in [0.717, 1.165) is 12.0 Å². The summed E-state index contributed by atoms with van der Waals surface area (Å²) >= 11 is 0. The molecule has 0 bridgehead atoms. The van der Waals surface area contributed by atoms with Gasteiger partial charge in [-0.2, -0.15) is 0 Å². The predicted octanol–water partition coefficient (Wildman–Crippen LogP) is 3.19. The number of amides is 1. The third-order valence-electron chi connectivity index (χ3n) is 4.14. The highest BCUT2D eigenvalue weighted by Crippen LogP contribution is 2.12. The van der Waals surface area contributed by atoms with Gasteiger partial charge in [-0.3, -0.25) is 14.4 Å². The molecule has 0 spiro atoms. The Balaban J connectivity index is 1.83. The van der Waals surface area contributed by atoms with Crippen molar-refractivity contribution in [3.8, 4) is 5.75 Å². The second kappa shape index (κ2) is 10.3. The molecule has 0 fully saturated rings. The van der Waals surface area contributed by atoms with Crippen molar-refractivity contribution in [3.05, 3.63) is 65.2 Å². The van der Waals surface area contributed by atoms with Crippen LogP contribution in [0.2, 0.25) is 0 Å². The minimum absolute atomic E-state index is 0.283. The first-order valence-corrected chi connectivity index (χ1v) is 9.28. The van der Waals surface area contributed by atoms with Crippen LogP contribution in [-0.4, -0.2) is 36.9 Å². The van der Waals surface area contributed by atoms with E-state index in [9.17, 15) is 14.4 Å². The molecule has 0 aliphatic rings. The maximum Gasteiger partial charge on any atom is 0.326 e. The average Bonchev–Trinajstić information content (AvgIpc) is 2.72. The molecule has 0 heterocycles. The van der Waals surface area contributed by atoms with Crippen LogP contribution in [0, 0.1) is 0 Å². The predicted molar refractivity (Wildman–Crippen MR) is 106 cm³/mol. The van der Waals surface area contributed by atoms with Crippen LogP contribution in [0.5, 0.6) is 5.75 Å². The van der Waals surface area contributed by atoms with Gasteiger partial charge in [0.05, 0.1) is 6.61 Å². The number of benzene rings is 2. The number of carbonyl (C=O) groups excluding carboxylic acids is 3. The SMILES string of the molecule is CCOc1ccc(C(=O)NCC(=O)O[C@@H](C)C(=O)c2ccc(CC)cc2)cc1. The molecule has 2 aromatic rings.